The van der Waals surface area contributed by atoms with E-state index in [9.17, 15) is 50.9 Å². The summed E-state index contributed by atoms with van der Waals surface area (Å²) in [5, 5.41) is 44.0. The highest BCUT2D eigenvalue weighted by molar-refractivity contribution is 5.95. The van der Waals surface area contributed by atoms with E-state index in [1.807, 2.05) is 97.1 Å². The molecule has 5 N–H and O–H groups in total. The van der Waals surface area contributed by atoms with Gasteiger partial charge < -0.3 is 26.2 Å². The van der Waals surface area contributed by atoms with Crippen LogP contribution in [0.2, 0.25) is 0 Å². The van der Waals surface area contributed by atoms with Crippen molar-refractivity contribution in [3.63, 3.8) is 0 Å². The molecule has 14 nitrogen and oxygen atoms in total. The largest absolute Gasteiger partial charge is 0.416 e. The number of amides is 3. The molecule has 582 valence electrons. The number of aliphatic hydroxyl groups is 2. The number of aromatic nitrogens is 6. The predicted molar refractivity (Wildman–Crippen MR) is 414 cm³/mol. The Bertz CT molecular complexity index is 4260. The topological polar surface area (TPSA) is 181 Å². The molecule has 0 bridgehead atoms. The summed E-state index contributed by atoms with van der Waals surface area (Å²) in [5.41, 5.74) is 13.0. The summed E-state index contributed by atoms with van der Waals surface area (Å²) in [6.45, 7) is -0.218. The molecule has 0 saturated heterocycles. The Morgan fingerprint density at radius 1 is 0.382 bits per heavy atom. The zero-order valence-electron chi connectivity index (χ0n) is 63.0. The van der Waals surface area contributed by atoms with Crippen molar-refractivity contribution in [1.29, 1.82) is 0 Å². The first kappa shape index (κ1) is 79.0. The SMILES string of the molecule is O=C(NCc1ccc(C(F)(F)F)cc1)c1nn(C2CCCCC2)c2c1CCCCC2Cc1ccc(F)cc1.O=C(N[C@@H](CO)c1ccccc1)c1nn(C2CCCCC2)c2c1CCCC[C@@H]2Cc1ccc(F)cc1.O=C(N[C@@H](CO)c1ccccc1)c1nn(C2CCCCC2)c2c1CCCC[C@H]2Cc1ccc(F)cc1. The van der Waals surface area contributed by atoms with E-state index in [-0.39, 0.29) is 78.7 Å². The van der Waals surface area contributed by atoms with Gasteiger partial charge in [-0.05, 0) is 197 Å². The van der Waals surface area contributed by atoms with E-state index in [1.165, 1.54) is 105 Å². The Hall–Kier alpha value is -9.14. The lowest BCUT2D eigenvalue weighted by Crippen LogP contribution is -2.31. The third-order valence-corrected chi connectivity index (χ3v) is 23.7. The molecule has 6 aliphatic carbocycles. The highest BCUT2D eigenvalue weighted by Gasteiger charge is 2.38. The molecule has 15 rings (SSSR count). The number of aliphatic hydroxyl groups excluding tert-OH is 2. The van der Waals surface area contributed by atoms with Crippen LogP contribution in [-0.2, 0) is 51.2 Å². The van der Waals surface area contributed by atoms with Crippen LogP contribution in [0.5, 0.6) is 0 Å². The van der Waals surface area contributed by atoms with Crippen LogP contribution >= 0.6 is 0 Å². The number of hydrogen-bond donors (Lipinski definition) is 5. The summed E-state index contributed by atoms with van der Waals surface area (Å²) >= 11 is 0. The molecule has 0 radical (unpaired) electrons. The van der Waals surface area contributed by atoms with Crippen LogP contribution in [0.1, 0.15) is 306 Å². The molecule has 3 fully saturated rings. The van der Waals surface area contributed by atoms with Crippen molar-refractivity contribution in [1.82, 2.24) is 45.3 Å². The number of benzene rings is 6. The molecular weight excluding hydrogens is 1400 g/mol. The van der Waals surface area contributed by atoms with Crippen LogP contribution < -0.4 is 16.0 Å². The fraction of sp³-hybridized carbons (Fsp3) is 0.467. The summed E-state index contributed by atoms with van der Waals surface area (Å²) in [4.78, 5) is 40.7. The van der Waals surface area contributed by atoms with Crippen molar-refractivity contribution in [2.75, 3.05) is 13.2 Å². The number of hydrogen-bond acceptors (Lipinski definition) is 8. The lowest BCUT2D eigenvalue weighted by molar-refractivity contribution is -0.137. The number of nitrogens with one attached hydrogen (secondary N) is 3. The van der Waals surface area contributed by atoms with E-state index in [1.54, 1.807) is 0 Å². The number of nitrogens with zero attached hydrogens (tertiary/aromatic N) is 6. The van der Waals surface area contributed by atoms with Gasteiger partial charge in [-0.25, -0.2) is 13.2 Å². The molecule has 6 aliphatic rings. The lowest BCUT2D eigenvalue weighted by Gasteiger charge is -2.27. The van der Waals surface area contributed by atoms with Gasteiger partial charge in [-0.2, -0.15) is 28.5 Å². The number of fused-ring (bicyclic) bond motifs is 3. The van der Waals surface area contributed by atoms with Crippen molar-refractivity contribution in [3.8, 4) is 0 Å². The Kier molecular flexibility index (Phi) is 27.1. The molecule has 1 unspecified atom stereocenters. The minimum absolute atomic E-state index is 0.126. The highest BCUT2D eigenvalue weighted by Crippen LogP contribution is 2.44. The van der Waals surface area contributed by atoms with Crippen LogP contribution in [-0.4, -0.2) is 70.5 Å². The molecule has 3 amide bonds. The second-order valence-electron chi connectivity index (χ2n) is 31.3. The van der Waals surface area contributed by atoms with Gasteiger partial charge in [0, 0.05) is 58.1 Å². The molecular formula is C90H105F6N9O5. The number of carbonyl (C=O) groups excluding carboxylic acids is 3. The molecule has 6 aromatic carbocycles. The fourth-order valence-electron chi connectivity index (χ4n) is 18.0. The van der Waals surface area contributed by atoms with Crippen molar-refractivity contribution < 1.29 is 50.9 Å². The second-order valence-corrected chi connectivity index (χ2v) is 31.3. The van der Waals surface area contributed by atoms with E-state index in [4.69, 9.17) is 15.3 Å². The second kappa shape index (κ2) is 37.7. The lowest BCUT2D eigenvalue weighted by atomic mass is 9.89. The number of rotatable bonds is 20. The van der Waals surface area contributed by atoms with E-state index in [0.29, 0.717) is 34.7 Å². The normalized spacial score (nSPS) is 19.1. The zero-order valence-corrected chi connectivity index (χ0v) is 63.0. The quantitative estimate of drug-likeness (QED) is 0.0369. The van der Waals surface area contributed by atoms with E-state index >= 15 is 0 Å². The zero-order chi connectivity index (χ0) is 76.5. The maximum absolute atomic E-state index is 13.6. The summed E-state index contributed by atoms with van der Waals surface area (Å²) in [5.74, 6) is -0.751. The van der Waals surface area contributed by atoms with Crippen LogP contribution in [0, 0.1) is 17.5 Å². The summed E-state index contributed by atoms with van der Waals surface area (Å²) in [7, 11) is 0. The Labute approximate surface area is 642 Å². The Morgan fingerprint density at radius 3 is 0.991 bits per heavy atom. The third kappa shape index (κ3) is 19.8. The van der Waals surface area contributed by atoms with Crippen molar-refractivity contribution in [2.24, 2.45) is 0 Å². The van der Waals surface area contributed by atoms with Gasteiger partial charge in [0.1, 0.15) is 17.5 Å². The van der Waals surface area contributed by atoms with Crippen molar-refractivity contribution in [2.45, 2.75) is 253 Å². The molecule has 0 aliphatic heterocycles. The van der Waals surface area contributed by atoms with Crippen LogP contribution in [0.15, 0.2) is 158 Å². The number of carbonyl (C=O) groups is 3. The average Bonchev–Trinajstić information content (AvgIpc) is 1.63. The third-order valence-electron chi connectivity index (χ3n) is 23.7. The molecule has 3 aromatic heterocycles. The maximum atomic E-state index is 13.6. The summed E-state index contributed by atoms with van der Waals surface area (Å²) in [6, 6.07) is 44.2. The maximum Gasteiger partial charge on any atom is 0.416 e. The van der Waals surface area contributed by atoms with E-state index in [2.05, 4.69) is 30.0 Å². The molecule has 0 spiro atoms. The van der Waals surface area contributed by atoms with E-state index < -0.39 is 23.8 Å². The summed E-state index contributed by atoms with van der Waals surface area (Å²) < 4.78 is 85.8. The van der Waals surface area contributed by atoms with Crippen LogP contribution in [0.4, 0.5) is 26.3 Å². The number of alkyl halides is 3. The first-order valence-electron chi connectivity index (χ1n) is 40.5. The molecule has 3 saturated carbocycles. The van der Waals surface area contributed by atoms with Gasteiger partial charge in [-0.15, -0.1) is 0 Å². The predicted octanol–water partition coefficient (Wildman–Crippen LogP) is 19.6. The monoisotopic (exact) mass is 1510 g/mol. The van der Waals surface area contributed by atoms with Gasteiger partial charge >= 0.3 is 6.18 Å². The van der Waals surface area contributed by atoms with Crippen LogP contribution in [0.25, 0.3) is 0 Å². The molecule has 110 heavy (non-hydrogen) atoms. The minimum atomic E-state index is -4.39. The van der Waals surface area contributed by atoms with E-state index in [0.717, 1.165) is 210 Å². The Balaban J connectivity index is 0.000000145. The van der Waals surface area contributed by atoms with Crippen molar-refractivity contribution >= 4 is 17.7 Å². The first-order valence-corrected chi connectivity index (χ1v) is 40.5. The standard InChI is InChI=1S/C30H33F4N3O.2C30H36FN3O2/c31-24-16-12-20(13-17-24)18-22-6-4-5-9-26-27(36-37(28(22)26)25-7-2-1-3-8-25)29(38)35-19-21-10-14-23(15-11-21)30(32,33)34;2*31-24-17-15-21(16-18-24)19-23-11-7-8-14-26-28(33-34(29(23)26)25-12-5-2-6-13-25)30(36)32-27(20-35)22-9-3-1-4-10-22/h10-17,22,25H,1-9,18-19H2,(H,35,38);2*1,3-4,9-10,15-18,23,25,27,35H,2,5-8,11-14,19-20H2,(H,32,36)/t;23-,27+;23-,27-/m.10/s1. The van der Waals surface area contributed by atoms with Gasteiger partial charge in [0.2, 0.25) is 0 Å². The van der Waals surface area contributed by atoms with Gasteiger partial charge in [-0.3, -0.25) is 28.4 Å². The van der Waals surface area contributed by atoms with Gasteiger partial charge in [-0.1, -0.05) is 186 Å². The van der Waals surface area contributed by atoms with Crippen molar-refractivity contribution in [3.05, 3.63) is 265 Å². The number of halogens is 6. The molecule has 9 aromatic rings. The van der Waals surface area contributed by atoms with Gasteiger partial charge in [0.15, 0.2) is 17.1 Å². The van der Waals surface area contributed by atoms with Gasteiger partial charge in [0.25, 0.3) is 17.7 Å². The average molecular weight is 1510 g/mol. The first-order chi connectivity index (χ1) is 53.6. The minimum Gasteiger partial charge on any atom is -0.394 e. The summed E-state index contributed by atoms with van der Waals surface area (Å²) in [6.07, 6.45) is 26.8. The van der Waals surface area contributed by atoms with Gasteiger partial charge in [0.05, 0.1) is 49.0 Å². The molecule has 20 heteroatoms. The molecule has 5 atom stereocenters. The molecule has 3 heterocycles. The highest BCUT2D eigenvalue weighted by atomic mass is 19.4. The smallest absolute Gasteiger partial charge is 0.394 e. The fourth-order valence-corrected chi connectivity index (χ4v) is 18.0. The van der Waals surface area contributed by atoms with Crippen LogP contribution in [0.3, 0.4) is 0 Å². The Morgan fingerprint density at radius 2 is 0.682 bits per heavy atom.